The molecular formula is C28H35FN2O5S. The van der Waals surface area contributed by atoms with Crippen molar-refractivity contribution in [2.24, 2.45) is 11.8 Å². The van der Waals surface area contributed by atoms with Gasteiger partial charge in [0.2, 0.25) is 5.91 Å². The smallest absolute Gasteiger partial charge is 0.227 e. The highest BCUT2D eigenvalue weighted by Gasteiger charge is 2.47. The van der Waals surface area contributed by atoms with Crippen molar-refractivity contribution in [2.45, 2.75) is 24.5 Å². The van der Waals surface area contributed by atoms with Crippen LogP contribution in [-0.2, 0) is 19.4 Å². The van der Waals surface area contributed by atoms with Crippen LogP contribution in [0.25, 0.3) is 0 Å². The van der Waals surface area contributed by atoms with Crippen LogP contribution in [-0.4, -0.2) is 87.9 Å². The maximum Gasteiger partial charge on any atom is 0.227 e. The Hall–Kier alpha value is -2.62. The van der Waals surface area contributed by atoms with Gasteiger partial charge in [0.1, 0.15) is 5.82 Å². The Morgan fingerprint density at radius 3 is 2.38 bits per heavy atom. The highest BCUT2D eigenvalue weighted by atomic mass is 32.2. The van der Waals surface area contributed by atoms with Crippen molar-refractivity contribution in [1.82, 2.24) is 9.80 Å². The van der Waals surface area contributed by atoms with Gasteiger partial charge in [-0.15, -0.1) is 0 Å². The number of sulfone groups is 1. The molecule has 4 rings (SSSR count). The molecule has 2 fully saturated rings. The first kappa shape index (κ1) is 27.4. The van der Waals surface area contributed by atoms with E-state index in [-0.39, 0.29) is 24.1 Å². The van der Waals surface area contributed by atoms with E-state index < -0.39 is 32.8 Å². The van der Waals surface area contributed by atoms with E-state index in [1.165, 1.54) is 12.3 Å². The summed E-state index contributed by atoms with van der Waals surface area (Å²) in [5.74, 6) is -2.43. The summed E-state index contributed by atoms with van der Waals surface area (Å²) in [5.41, 5.74) is 1.62. The van der Waals surface area contributed by atoms with Crippen LogP contribution in [0.3, 0.4) is 0 Å². The van der Waals surface area contributed by atoms with E-state index in [2.05, 4.69) is 4.90 Å². The Kier molecular flexibility index (Phi) is 8.46. The monoisotopic (exact) mass is 530 g/mol. The second-order valence-electron chi connectivity index (χ2n) is 10.2. The lowest BCUT2D eigenvalue weighted by atomic mass is 9.69. The molecule has 2 aliphatic heterocycles. The SMILES string of the molecule is COCCN1C[C@H](C(=O)c2ccccc2)[C@@H](c2cccc(F)c2C)[C@H](C(=O)N2CCC(S(C)(=O)=O)C2)C1. The average molecular weight is 531 g/mol. The number of ether oxygens (including phenoxy) is 1. The normalized spacial score (nSPS) is 24.8. The van der Waals surface area contributed by atoms with Gasteiger partial charge in [0.15, 0.2) is 15.6 Å². The van der Waals surface area contributed by atoms with Gasteiger partial charge in [0.05, 0.1) is 17.8 Å². The van der Waals surface area contributed by atoms with E-state index in [4.69, 9.17) is 4.74 Å². The zero-order valence-corrected chi connectivity index (χ0v) is 22.4. The molecule has 0 aromatic heterocycles. The summed E-state index contributed by atoms with van der Waals surface area (Å²) in [6.07, 6.45) is 1.59. The third kappa shape index (κ3) is 5.94. The van der Waals surface area contributed by atoms with Gasteiger partial charge in [0.25, 0.3) is 0 Å². The first-order chi connectivity index (χ1) is 17.6. The van der Waals surface area contributed by atoms with Crippen LogP contribution in [0.4, 0.5) is 4.39 Å². The molecule has 200 valence electrons. The van der Waals surface area contributed by atoms with Crippen molar-refractivity contribution < 1.29 is 27.1 Å². The Morgan fingerprint density at radius 1 is 1.03 bits per heavy atom. The number of methoxy groups -OCH3 is 1. The summed E-state index contributed by atoms with van der Waals surface area (Å²) in [4.78, 5) is 31.6. The van der Waals surface area contributed by atoms with Gasteiger partial charge in [-0.05, 0) is 30.5 Å². The third-order valence-corrected chi connectivity index (χ3v) is 9.43. The maximum atomic E-state index is 14.8. The van der Waals surface area contributed by atoms with E-state index in [1.807, 2.05) is 12.1 Å². The number of benzene rings is 2. The second-order valence-corrected chi connectivity index (χ2v) is 12.5. The summed E-state index contributed by atoms with van der Waals surface area (Å²) < 4.78 is 44.4. The van der Waals surface area contributed by atoms with Crippen molar-refractivity contribution in [1.29, 1.82) is 0 Å². The van der Waals surface area contributed by atoms with Crippen molar-refractivity contribution in [2.75, 3.05) is 52.7 Å². The van der Waals surface area contributed by atoms with Crippen LogP contribution in [0.1, 0.15) is 33.8 Å². The molecule has 0 saturated carbocycles. The highest BCUT2D eigenvalue weighted by Crippen LogP contribution is 2.42. The van der Waals surface area contributed by atoms with E-state index in [1.54, 1.807) is 49.3 Å². The summed E-state index contributed by atoms with van der Waals surface area (Å²) in [5, 5.41) is -0.597. The molecule has 2 aromatic carbocycles. The molecule has 0 radical (unpaired) electrons. The summed E-state index contributed by atoms with van der Waals surface area (Å²) in [6, 6.07) is 13.8. The largest absolute Gasteiger partial charge is 0.383 e. The van der Waals surface area contributed by atoms with Crippen LogP contribution in [0.5, 0.6) is 0 Å². The van der Waals surface area contributed by atoms with Gasteiger partial charge in [-0.1, -0.05) is 42.5 Å². The van der Waals surface area contributed by atoms with Crippen LogP contribution >= 0.6 is 0 Å². The van der Waals surface area contributed by atoms with Crippen LogP contribution in [0.15, 0.2) is 48.5 Å². The maximum absolute atomic E-state index is 14.8. The van der Waals surface area contributed by atoms with E-state index >= 15 is 0 Å². The third-order valence-electron chi connectivity index (χ3n) is 7.83. The predicted molar refractivity (Wildman–Crippen MR) is 140 cm³/mol. The number of piperidine rings is 1. The van der Waals surface area contributed by atoms with Gasteiger partial charge in [-0.2, -0.15) is 0 Å². The number of hydrogen-bond acceptors (Lipinski definition) is 6. The molecule has 9 heteroatoms. The minimum Gasteiger partial charge on any atom is -0.383 e. The molecule has 0 bridgehead atoms. The number of ketones is 1. The van der Waals surface area contributed by atoms with E-state index in [0.29, 0.717) is 55.9 Å². The van der Waals surface area contributed by atoms with Crippen molar-refractivity contribution in [3.8, 4) is 0 Å². The van der Waals surface area contributed by atoms with Crippen LogP contribution in [0.2, 0.25) is 0 Å². The zero-order chi connectivity index (χ0) is 26.7. The van der Waals surface area contributed by atoms with Crippen molar-refractivity contribution in [3.63, 3.8) is 0 Å². The minimum absolute atomic E-state index is 0.0930. The Balaban J connectivity index is 1.77. The number of carbonyl (C=O) groups is 2. The fourth-order valence-electron chi connectivity index (χ4n) is 5.77. The summed E-state index contributed by atoms with van der Waals surface area (Å²) in [7, 11) is -1.68. The molecule has 7 nitrogen and oxygen atoms in total. The topological polar surface area (TPSA) is 84.0 Å². The Morgan fingerprint density at radius 2 is 1.73 bits per heavy atom. The number of halogens is 1. The predicted octanol–water partition coefficient (Wildman–Crippen LogP) is 2.94. The molecule has 2 aliphatic rings. The molecule has 2 saturated heterocycles. The molecule has 0 aliphatic carbocycles. The highest BCUT2D eigenvalue weighted by molar-refractivity contribution is 7.91. The summed E-state index contributed by atoms with van der Waals surface area (Å²) >= 11 is 0. The standard InChI is InChI=1S/C28H35FN2O5S/c1-19-22(10-7-11-25(19)29)26-23(27(32)20-8-5-4-6-9-20)17-30(14-15-36-2)18-24(26)28(33)31-13-12-21(16-31)37(3,34)35/h4-11,21,23-24,26H,12-18H2,1-3H3/t21?,23-,24+,26+/m0/s1. The fourth-order valence-corrected chi connectivity index (χ4v) is 6.75. The molecule has 4 atom stereocenters. The lowest BCUT2D eigenvalue weighted by molar-refractivity contribution is -0.137. The van der Waals surface area contributed by atoms with Crippen molar-refractivity contribution >= 4 is 21.5 Å². The van der Waals surface area contributed by atoms with Gasteiger partial charge < -0.3 is 9.64 Å². The average Bonchev–Trinajstić information content (AvgIpc) is 3.40. The number of hydrogen-bond donors (Lipinski definition) is 0. The lowest BCUT2D eigenvalue weighted by Gasteiger charge is -2.44. The fraction of sp³-hybridized carbons (Fsp3) is 0.500. The lowest BCUT2D eigenvalue weighted by Crippen LogP contribution is -2.54. The van der Waals surface area contributed by atoms with Crippen LogP contribution in [0, 0.1) is 24.6 Å². The number of nitrogens with zero attached hydrogens (tertiary/aromatic N) is 2. The van der Waals surface area contributed by atoms with Gasteiger partial charge in [0, 0.05) is 63.5 Å². The molecule has 1 unspecified atom stereocenters. The van der Waals surface area contributed by atoms with Gasteiger partial charge in [-0.25, -0.2) is 12.8 Å². The van der Waals surface area contributed by atoms with E-state index in [9.17, 15) is 22.4 Å². The number of carbonyl (C=O) groups excluding carboxylic acids is 2. The molecule has 2 heterocycles. The Bertz CT molecular complexity index is 1240. The van der Waals surface area contributed by atoms with Gasteiger partial charge in [-0.3, -0.25) is 14.5 Å². The molecule has 0 N–H and O–H groups in total. The quantitative estimate of drug-likeness (QED) is 0.488. The Labute approximate surface area is 218 Å². The second kappa shape index (κ2) is 11.4. The molecule has 2 aromatic rings. The molecular weight excluding hydrogens is 495 g/mol. The first-order valence-corrected chi connectivity index (χ1v) is 14.6. The van der Waals surface area contributed by atoms with Crippen molar-refractivity contribution in [3.05, 3.63) is 71.0 Å². The minimum atomic E-state index is -3.29. The molecule has 37 heavy (non-hydrogen) atoms. The zero-order valence-electron chi connectivity index (χ0n) is 21.6. The first-order valence-electron chi connectivity index (χ1n) is 12.6. The number of amides is 1. The number of Topliss-reactive ketones (excluding diaryl/α,β-unsaturated/α-hetero) is 1. The van der Waals surface area contributed by atoms with Gasteiger partial charge >= 0.3 is 0 Å². The van der Waals surface area contributed by atoms with E-state index in [0.717, 1.165) is 0 Å². The number of rotatable bonds is 8. The summed E-state index contributed by atoms with van der Waals surface area (Å²) in [6.45, 7) is 3.93. The molecule has 1 amide bonds. The molecule has 0 spiro atoms. The van der Waals surface area contributed by atoms with Crippen LogP contribution < -0.4 is 0 Å². The number of likely N-dealkylation sites (tertiary alicyclic amines) is 2.